The summed E-state index contributed by atoms with van der Waals surface area (Å²) in [6.45, 7) is 0. The first-order valence-electron chi connectivity index (χ1n) is 5.81. The summed E-state index contributed by atoms with van der Waals surface area (Å²) in [6.07, 6.45) is 1.68. The number of ether oxygens (including phenoxy) is 1. The third kappa shape index (κ3) is 2.08. The van der Waals surface area contributed by atoms with Crippen molar-refractivity contribution in [3.05, 3.63) is 59.1 Å². The van der Waals surface area contributed by atoms with Crippen LogP contribution in [0.3, 0.4) is 0 Å². The fourth-order valence-electron chi connectivity index (χ4n) is 2.01. The van der Waals surface area contributed by atoms with Crippen LogP contribution in [0.4, 0.5) is 0 Å². The van der Waals surface area contributed by atoms with Crippen LogP contribution in [0.25, 0.3) is 22.1 Å². The maximum Gasteiger partial charge on any atom is 0.336 e. The molecular formula is C15H11NO3. The number of rotatable bonds is 2. The molecule has 94 valence electrons. The van der Waals surface area contributed by atoms with E-state index in [1.807, 2.05) is 24.3 Å². The number of nitrogens with zero attached hydrogens (tertiary/aromatic N) is 1. The first-order chi connectivity index (χ1) is 9.28. The third-order valence-electron chi connectivity index (χ3n) is 2.91. The minimum atomic E-state index is -0.371. The average molecular weight is 253 g/mol. The topological polar surface area (TPSA) is 52.3 Å². The summed E-state index contributed by atoms with van der Waals surface area (Å²) in [5, 5.41) is 0.883. The zero-order valence-corrected chi connectivity index (χ0v) is 10.3. The normalized spacial score (nSPS) is 10.6. The van der Waals surface area contributed by atoms with E-state index in [1.54, 1.807) is 25.4 Å². The smallest absolute Gasteiger partial charge is 0.336 e. The lowest BCUT2D eigenvalue weighted by Crippen LogP contribution is -1.98. The molecule has 0 N–H and O–H groups in total. The summed E-state index contributed by atoms with van der Waals surface area (Å²) < 4.78 is 10.2. The van der Waals surface area contributed by atoms with Crippen molar-refractivity contribution in [3.8, 4) is 17.0 Å². The predicted molar refractivity (Wildman–Crippen MR) is 72.3 cm³/mol. The van der Waals surface area contributed by atoms with Crippen molar-refractivity contribution in [2.75, 3.05) is 7.11 Å². The maximum atomic E-state index is 11.6. The molecule has 0 bridgehead atoms. The fraction of sp³-hybridized carbons (Fsp3) is 0.0667. The van der Waals surface area contributed by atoms with Gasteiger partial charge in [-0.05, 0) is 12.1 Å². The highest BCUT2D eigenvalue weighted by atomic mass is 16.5. The molecule has 1 aromatic carbocycles. The van der Waals surface area contributed by atoms with Crippen molar-refractivity contribution in [1.29, 1.82) is 0 Å². The average Bonchev–Trinajstić information content (AvgIpc) is 2.46. The molecule has 4 heteroatoms. The molecule has 0 saturated heterocycles. The minimum absolute atomic E-state index is 0.371. The van der Waals surface area contributed by atoms with Gasteiger partial charge in [-0.25, -0.2) is 9.78 Å². The Kier molecular flexibility index (Phi) is 2.76. The van der Waals surface area contributed by atoms with E-state index >= 15 is 0 Å². The molecule has 0 aliphatic heterocycles. The number of fused-ring (bicyclic) bond motifs is 1. The van der Waals surface area contributed by atoms with Crippen LogP contribution < -0.4 is 10.4 Å². The van der Waals surface area contributed by atoms with Crippen LogP contribution >= 0.6 is 0 Å². The molecule has 0 radical (unpaired) electrons. The van der Waals surface area contributed by atoms with Crippen LogP contribution in [0.15, 0.2) is 57.9 Å². The Balaban J connectivity index is 2.25. The molecular weight excluding hydrogens is 242 g/mol. The Hall–Kier alpha value is -2.62. The maximum absolute atomic E-state index is 11.6. The van der Waals surface area contributed by atoms with Crippen molar-refractivity contribution in [2.24, 2.45) is 0 Å². The third-order valence-corrected chi connectivity index (χ3v) is 2.91. The van der Waals surface area contributed by atoms with Gasteiger partial charge in [0, 0.05) is 34.8 Å². The number of hydrogen-bond donors (Lipinski definition) is 0. The summed E-state index contributed by atoms with van der Waals surface area (Å²) in [4.78, 5) is 15.7. The van der Waals surface area contributed by atoms with Crippen LogP contribution in [-0.2, 0) is 0 Å². The Bertz CT molecular complexity index is 775. The number of aromatic nitrogens is 1. The molecule has 4 nitrogen and oxygen atoms in total. The van der Waals surface area contributed by atoms with Crippen LogP contribution in [-0.4, -0.2) is 12.1 Å². The highest BCUT2D eigenvalue weighted by Gasteiger charge is 2.07. The van der Waals surface area contributed by atoms with Crippen LogP contribution in [0.2, 0.25) is 0 Å². The zero-order valence-electron chi connectivity index (χ0n) is 10.3. The highest BCUT2D eigenvalue weighted by molar-refractivity contribution is 5.92. The van der Waals surface area contributed by atoms with E-state index in [1.165, 1.54) is 6.07 Å². The minimum Gasteiger partial charge on any atom is -0.481 e. The molecule has 19 heavy (non-hydrogen) atoms. The lowest BCUT2D eigenvalue weighted by Gasteiger charge is -2.05. The Morgan fingerprint density at radius 1 is 1.16 bits per heavy atom. The second-order valence-electron chi connectivity index (χ2n) is 4.06. The van der Waals surface area contributed by atoms with E-state index in [9.17, 15) is 4.79 Å². The highest BCUT2D eigenvalue weighted by Crippen LogP contribution is 2.27. The van der Waals surface area contributed by atoms with Gasteiger partial charge in [-0.2, -0.15) is 0 Å². The molecule has 0 spiro atoms. The number of hydrogen-bond acceptors (Lipinski definition) is 4. The second kappa shape index (κ2) is 4.57. The summed E-state index contributed by atoms with van der Waals surface area (Å²) in [5.74, 6) is 0.538. The van der Waals surface area contributed by atoms with Gasteiger partial charge in [0.2, 0.25) is 5.88 Å². The van der Waals surface area contributed by atoms with E-state index in [-0.39, 0.29) is 5.63 Å². The van der Waals surface area contributed by atoms with E-state index in [0.717, 1.165) is 16.5 Å². The van der Waals surface area contributed by atoms with Crippen molar-refractivity contribution < 1.29 is 9.15 Å². The van der Waals surface area contributed by atoms with Gasteiger partial charge in [0.15, 0.2) is 0 Å². The van der Waals surface area contributed by atoms with E-state index in [4.69, 9.17) is 9.15 Å². The lowest BCUT2D eigenvalue weighted by molar-refractivity contribution is 0.398. The number of benzene rings is 1. The molecule has 0 unspecified atom stereocenters. The number of pyridine rings is 1. The summed E-state index contributed by atoms with van der Waals surface area (Å²) >= 11 is 0. The van der Waals surface area contributed by atoms with Crippen molar-refractivity contribution in [3.63, 3.8) is 0 Å². The van der Waals surface area contributed by atoms with Crippen molar-refractivity contribution in [1.82, 2.24) is 4.98 Å². The number of para-hydroxylation sites is 1. The molecule has 0 saturated carbocycles. The van der Waals surface area contributed by atoms with Gasteiger partial charge in [0.05, 0.1) is 7.11 Å². The lowest BCUT2D eigenvalue weighted by atomic mass is 10.0. The van der Waals surface area contributed by atoms with Crippen LogP contribution in [0.5, 0.6) is 5.88 Å². The zero-order chi connectivity index (χ0) is 13.2. The van der Waals surface area contributed by atoms with Crippen molar-refractivity contribution in [2.45, 2.75) is 0 Å². The number of methoxy groups -OCH3 is 1. The summed E-state index contributed by atoms with van der Waals surface area (Å²) in [5.41, 5.74) is 1.86. The fourth-order valence-corrected chi connectivity index (χ4v) is 2.01. The molecule has 0 amide bonds. The SMILES string of the molecule is COc1ccc(-c2cc(=O)oc3ccccc23)cn1. The largest absolute Gasteiger partial charge is 0.481 e. The first-order valence-corrected chi connectivity index (χ1v) is 5.81. The second-order valence-corrected chi connectivity index (χ2v) is 4.06. The van der Waals surface area contributed by atoms with Gasteiger partial charge >= 0.3 is 5.63 Å². The van der Waals surface area contributed by atoms with Crippen LogP contribution in [0, 0.1) is 0 Å². The molecule has 0 atom stereocenters. The Labute approximate surface area is 109 Å². The molecule has 0 aliphatic rings. The van der Waals surface area contributed by atoms with Gasteiger partial charge in [0.25, 0.3) is 0 Å². The first kappa shape index (κ1) is 11.5. The molecule has 0 aliphatic carbocycles. The summed E-state index contributed by atoms with van der Waals surface area (Å²) in [7, 11) is 1.56. The standard InChI is InChI=1S/C15H11NO3/c1-18-14-7-6-10(9-16-14)12-8-15(17)19-13-5-3-2-4-11(12)13/h2-9H,1H3. The van der Waals surface area contributed by atoms with Gasteiger partial charge in [-0.3, -0.25) is 0 Å². The van der Waals surface area contributed by atoms with Crippen molar-refractivity contribution >= 4 is 11.0 Å². The Morgan fingerprint density at radius 2 is 2.00 bits per heavy atom. The van der Waals surface area contributed by atoms with Gasteiger partial charge < -0.3 is 9.15 Å². The quantitative estimate of drug-likeness (QED) is 0.659. The summed E-state index contributed by atoms with van der Waals surface area (Å²) in [6, 6.07) is 12.5. The molecule has 3 rings (SSSR count). The predicted octanol–water partition coefficient (Wildman–Crippen LogP) is 2.86. The molecule has 0 fully saturated rings. The Morgan fingerprint density at radius 3 is 2.74 bits per heavy atom. The monoisotopic (exact) mass is 253 g/mol. The van der Waals surface area contributed by atoms with Gasteiger partial charge in [-0.1, -0.05) is 18.2 Å². The molecule has 2 aromatic heterocycles. The van der Waals surface area contributed by atoms with E-state index in [0.29, 0.717) is 11.5 Å². The molecule has 2 heterocycles. The van der Waals surface area contributed by atoms with Gasteiger partial charge in [0.1, 0.15) is 5.58 Å². The van der Waals surface area contributed by atoms with E-state index < -0.39 is 0 Å². The van der Waals surface area contributed by atoms with Crippen LogP contribution in [0.1, 0.15) is 0 Å². The van der Waals surface area contributed by atoms with Gasteiger partial charge in [-0.15, -0.1) is 0 Å². The molecule has 3 aromatic rings. The van der Waals surface area contributed by atoms with E-state index in [2.05, 4.69) is 4.98 Å².